The Morgan fingerprint density at radius 1 is 1.20 bits per heavy atom. The Bertz CT molecular complexity index is 961. The van der Waals surface area contributed by atoms with Crippen LogP contribution in [0.3, 0.4) is 0 Å². The van der Waals surface area contributed by atoms with Gasteiger partial charge >= 0.3 is 6.03 Å². The maximum absolute atomic E-state index is 12.7. The first-order valence-electron chi connectivity index (χ1n) is 9.35. The fourth-order valence-electron chi connectivity index (χ4n) is 2.92. The Balaban J connectivity index is 1.81. The number of nitrogens with zero attached hydrogens (tertiary/aromatic N) is 4. The molecule has 2 amide bonds. The van der Waals surface area contributed by atoms with Gasteiger partial charge < -0.3 is 20.5 Å². The van der Waals surface area contributed by atoms with Crippen LogP contribution in [0.2, 0.25) is 5.02 Å². The van der Waals surface area contributed by atoms with Gasteiger partial charge in [-0.05, 0) is 47.2 Å². The Kier molecular flexibility index (Phi) is 7.21. The van der Waals surface area contributed by atoms with E-state index in [4.69, 9.17) is 21.4 Å². The molecule has 2 atom stereocenters. The highest BCUT2D eigenvalue weighted by atomic mass is 35.5. The van der Waals surface area contributed by atoms with Crippen molar-refractivity contribution in [3.05, 3.63) is 64.9 Å². The SMILES string of the molecule is COc1ccc([C@@H](C)[C@H](NC(=O)Nc2ccc(Cl)cc2)c2nnn(CCO)n2)cc1. The number of carbonyl (C=O) groups excluding carboxylic acids is 1. The van der Waals surface area contributed by atoms with Crippen LogP contribution in [0.25, 0.3) is 0 Å². The third-order valence-electron chi connectivity index (χ3n) is 4.58. The number of benzene rings is 2. The number of amides is 2. The Hall–Kier alpha value is -3.17. The van der Waals surface area contributed by atoms with E-state index in [9.17, 15) is 4.79 Å². The van der Waals surface area contributed by atoms with E-state index in [1.807, 2.05) is 31.2 Å². The summed E-state index contributed by atoms with van der Waals surface area (Å²) in [5.74, 6) is 0.916. The number of methoxy groups -OCH3 is 1. The number of aromatic nitrogens is 4. The number of carbonyl (C=O) groups is 1. The predicted octanol–water partition coefficient (Wildman–Crippen LogP) is 2.99. The second-order valence-electron chi connectivity index (χ2n) is 6.61. The topological polar surface area (TPSA) is 114 Å². The molecule has 0 aliphatic carbocycles. The van der Waals surface area contributed by atoms with Gasteiger partial charge in [0.05, 0.1) is 20.3 Å². The zero-order valence-corrected chi connectivity index (χ0v) is 17.4. The molecule has 2 aromatic carbocycles. The van der Waals surface area contributed by atoms with Crippen LogP contribution in [0.15, 0.2) is 48.5 Å². The van der Waals surface area contributed by atoms with Gasteiger partial charge in [0.25, 0.3) is 0 Å². The lowest BCUT2D eigenvalue weighted by molar-refractivity contribution is 0.245. The van der Waals surface area contributed by atoms with Crippen molar-refractivity contribution in [2.75, 3.05) is 19.0 Å². The third-order valence-corrected chi connectivity index (χ3v) is 4.83. The first kappa shape index (κ1) is 21.5. The maximum atomic E-state index is 12.7. The summed E-state index contributed by atoms with van der Waals surface area (Å²) in [5, 5.41) is 27.7. The van der Waals surface area contributed by atoms with Gasteiger partial charge in [0.2, 0.25) is 0 Å². The fourth-order valence-corrected chi connectivity index (χ4v) is 3.04. The number of tetrazole rings is 1. The molecule has 0 spiro atoms. The van der Waals surface area contributed by atoms with Crippen molar-refractivity contribution >= 4 is 23.3 Å². The van der Waals surface area contributed by atoms with E-state index in [1.54, 1.807) is 31.4 Å². The number of nitrogens with one attached hydrogen (secondary N) is 2. The van der Waals surface area contributed by atoms with Crippen molar-refractivity contribution in [2.24, 2.45) is 0 Å². The van der Waals surface area contributed by atoms with Gasteiger partial charge in [0.15, 0.2) is 5.82 Å². The third kappa shape index (κ3) is 5.46. The summed E-state index contributed by atoms with van der Waals surface area (Å²) in [6.45, 7) is 2.06. The van der Waals surface area contributed by atoms with Gasteiger partial charge in [-0.2, -0.15) is 4.80 Å². The summed E-state index contributed by atoms with van der Waals surface area (Å²) >= 11 is 5.89. The van der Waals surface area contributed by atoms with Gasteiger partial charge in [0, 0.05) is 16.6 Å². The number of rotatable bonds is 8. The van der Waals surface area contributed by atoms with Crippen LogP contribution in [0.4, 0.5) is 10.5 Å². The number of aliphatic hydroxyl groups excluding tert-OH is 1. The second kappa shape index (κ2) is 10.0. The molecular formula is C20H23ClN6O3. The molecule has 0 bridgehead atoms. The number of hydrogen-bond acceptors (Lipinski definition) is 6. The minimum absolute atomic E-state index is 0.112. The highest BCUT2D eigenvalue weighted by Crippen LogP contribution is 2.30. The summed E-state index contributed by atoms with van der Waals surface area (Å²) in [5.41, 5.74) is 1.57. The van der Waals surface area contributed by atoms with Crippen molar-refractivity contribution in [3.8, 4) is 5.75 Å². The quantitative estimate of drug-likeness (QED) is 0.506. The molecule has 9 nitrogen and oxygen atoms in total. The first-order chi connectivity index (χ1) is 14.5. The van der Waals surface area contributed by atoms with E-state index in [1.165, 1.54) is 4.80 Å². The summed E-state index contributed by atoms with van der Waals surface area (Å²) in [6.07, 6.45) is 0. The van der Waals surface area contributed by atoms with Crippen molar-refractivity contribution < 1.29 is 14.6 Å². The number of urea groups is 1. The normalized spacial score (nSPS) is 12.8. The molecule has 10 heteroatoms. The van der Waals surface area contributed by atoms with Crippen LogP contribution in [-0.2, 0) is 6.54 Å². The Labute approximate surface area is 179 Å². The highest BCUT2D eigenvalue weighted by Gasteiger charge is 2.27. The molecule has 0 unspecified atom stereocenters. The van der Waals surface area contributed by atoms with Gasteiger partial charge in [-0.15, -0.1) is 10.2 Å². The molecule has 0 radical (unpaired) electrons. The van der Waals surface area contributed by atoms with Crippen LogP contribution in [0, 0.1) is 0 Å². The van der Waals surface area contributed by atoms with Crippen LogP contribution in [0.1, 0.15) is 30.3 Å². The average Bonchev–Trinajstić information content (AvgIpc) is 3.22. The molecule has 0 fully saturated rings. The van der Waals surface area contributed by atoms with Crippen LogP contribution < -0.4 is 15.4 Å². The number of anilines is 1. The summed E-state index contributed by atoms with van der Waals surface area (Å²) in [6, 6.07) is 13.4. The number of aliphatic hydroxyl groups is 1. The monoisotopic (exact) mass is 430 g/mol. The van der Waals surface area contributed by atoms with Gasteiger partial charge in [-0.25, -0.2) is 4.79 Å². The molecule has 0 aliphatic heterocycles. The number of ether oxygens (including phenoxy) is 1. The average molecular weight is 431 g/mol. The molecule has 30 heavy (non-hydrogen) atoms. The molecule has 1 aromatic heterocycles. The second-order valence-corrected chi connectivity index (χ2v) is 7.05. The first-order valence-corrected chi connectivity index (χ1v) is 9.73. The Morgan fingerprint density at radius 2 is 1.90 bits per heavy atom. The molecule has 3 rings (SSSR count). The van der Waals surface area contributed by atoms with E-state index < -0.39 is 12.1 Å². The lowest BCUT2D eigenvalue weighted by Crippen LogP contribution is -2.36. The van der Waals surface area contributed by atoms with Gasteiger partial charge in [-0.1, -0.05) is 30.7 Å². The summed E-state index contributed by atoms with van der Waals surface area (Å²) < 4.78 is 5.21. The number of hydrogen-bond donors (Lipinski definition) is 3. The van der Waals surface area contributed by atoms with Crippen LogP contribution >= 0.6 is 11.6 Å². The minimum Gasteiger partial charge on any atom is -0.497 e. The van der Waals surface area contributed by atoms with E-state index in [-0.39, 0.29) is 19.1 Å². The van der Waals surface area contributed by atoms with Crippen LogP contribution in [-0.4, -0.2) is 45.1 Å². The zero-order chi connectivity index (χ0) is 21.5. The smallest absolute Gasteiger partial charge is 0.319 e. The van der Waals surface area contributed by atoms with E-state index >= 15 is 0 Å². The standard InChI is InChI=1S/C20H23ClN6O3/c1-13(14-3-9-17(30-2)10-4-14)18(19-24-26-27(25-19)11-12-28)23-20(29)22-16-7-5-15(21)6-8-16/h3-10,13,18,28H,11-12H2,1-2H3,(H2,22,23,29)/t13-,18+/m1/s1. The molecule has 3 aromatic rings. The largest absolute Gasteiger partial charge is 0.497 e. The molecule has 158 valence electrons. The zero-order valence-electron chi connectivity index (χ0n) is 16.6. The molecular weight excluding hydrogens is 408 g/mol. The van der Waals surface area contributed by atoms with Gasteiger partial charge in [0.1, 0.15) is 11.8 Å². The van der Waals surface area contributed by atoms with E-state index in [2.05, 4.69) is 26.0 Å². The lowest BCUT2D eigenvalue weighted by Gasteiger charge is -2.23. The van der Waals surface area contributed by atoms with Crippen molar-refractivity contribution in [1.82, 2.24) is 25.5 Å². The molecule has 0 saturated heterocycles. The van der Waals surface area contributed by atoms with Crippen LogP contribution in [0.5, 0.6) is 5.75 Å². The summed E-state index contributed by atoms with van der Waals surface area (Å²) in [7, 11) is 1.60. The number of halogens is 1. The fraction of sp³-hybridized carbons (Fsp3) is 0.300. The molecule has 3 N–H and O–H groups in total. The lowest BCUT2D eigenvalue weighted by atomic mass is 9.92. The molecule has 1 heterocycles. The van der Waals surface area contributed by atoms with Crippen molar-refractivity contribution in [1.29, 1.82) is 0 Å². The molecule has 0 aliphatic rings. The molecule has 0 saturated carbocycles. The highest BCUT2D eigenvalue weighted by molar-refractivity contribution is 6.30. The minimum atomic E-state index is -0.557. The van der Waals surface area contributed by atoms with Gasteiger partial charge in [-0.3, -0.25) is 0 Å². The van der Waals surface area contributed by atoms with Crippen molar-refractivity contribution in [3.63, 3.8) is 0 Å². The summed E-state index contributed by atoms with van der Waals surface area (Å²) in [4.78, 5) is 13.9. The van der Waals surface area contributed by atoms with E-state index in [0.29, 0.717) is 16.5 Å². The van der Waals surface area contributed by atoms with E-state index in [0.717, 1.165) is 11.3 Å². The van der Waals surface area contributed by atoms with Crippen molar-refractivity contribution in [2.45, 2.75) is 25.4 Å². The Morgan fingerprint density at radius 3 is 2.53 bits per heavy atom. The predicted molar refractivity (Wildman–Crippen MR) is 113 cm³/mol. The maximum Gasteiger partial charge on any atom is 0.319 e.